The number of amides is 1. The van der Waals surface area contributed by atoms with Crippen LogP contribution in [0.25, 0.3) is 0 Å². The van der Waals surface area contributed by atoms with E-state index < -0.39 is 27.4 Å². The average Bonchev–Trinajstić information content (AvgIpc) is 2.85. The van der Waals surface area contributed by atoms with Gasteiger partial charge < -0.3 is 4.74 Å². The molecule has 188 valence electrons. The first-order chi connectivity index (χ1) is 17.1. The predicted octanol–water partition coefficient (Wildman–Crippen LogP) is 4.36. The number of nitro benzene ring substituents is 1. The van der Waals surface area contributed by atoms with Gasteiger partial charge in [0.1, 0.15) is 0 Å². The standard InChI is InChI=1S/C23H20BrClN4O6S/c1-35-22-11-6-16(12-21(22)29(31)32)13-26-27-23(30)15-28(14-17-4-2-3-5-20(17)25)36(33,34)19-9-7-18(24)8-10-19/h2-13H,14-15H2,1H3,(H,27,30)/b26-13+. The second kappa shape index (κ2) is 12.1. The van der Waals surface area contributed by atoms with Gasteiger partial charge in [0.2, 0.25) is 10.0 Å². The zero-order valence-electron chi connectivity index (χ0n) is 18.8. The molecule has 0 unspecified atom stereocenters. The maximum Gasteiger partial charge on any atom is 0.311 e. The molecule has 0 aliphatic carbocycles. The maximum absolute atomic E-state index is 13.3. The minimum Gasteiger partial charge on any atom is -0.490 e. The fourth-order valence-corrected chi connectivity index (χ4v) is 4.94. The predicted molar refractivity (Wildman–Crippen MR) is 139 cm³/mol. The maximum atomic E-state index is 13.3. The lowest BCUT2D eigenvalue weighted by molar-refractivity contribution is -0.385. The van der Waals surface area contributed by atoms with E-state index in [4.69, 9.17) is 16.3 Å². The molecule has 0 heterocycles. The number of halogens is 2. The summed E-state index contributed by atoms with van der Waals surface area (Å²) in [4.78, 5) is 23.2. The lowest BCUT2D eigenvalue weighted by Crippen LogP contribution is -2.39. The average molecular weight is 596 g/mol. The van der Waals surface area contributed by atoms with Crippen molar-refractivity contribution in [1.29, 1.82) is 0 Å². The van der Waals surface area contributed by atoms with E-state index >= 15 is 0 Å². The highest BCUT2D eigenvalue weighted by atomic mass is 79.9. The van der Waals surface area contributed by atoms with Gasteiger partial charge in [0, 0.05) is 27.7 Å². The molecule has 10 nitrogen and oxygen atoms in total. The number of nitrogens with one attached hydrogen (secondary N) is 1. The molecule has 0 aliphatic heterocycles. The molecule has 0 spiro atoms. The number of carbonyl (C=O) groups is 1. The first-order valence-electron chi connectivity index (χ1n) is 10.3. The van der Waals surface area contributed by atoms with Gasteiger partial charge in [0.25, 0.3) is 5.91 Å². The summed E-state index contributed by atoms with van der Waals surface area (Å²) in [6.45, 7) is -0.705. The van der Waals surface area contributed by atoms with Crippen LogP contribution in [-0.4, -0.2) is 43.4 Å². The molecule has 3 aromatic carbocycles. The lowest BCUT2D eigenvalue weighted by Gasteiger charge is -2.22. The van der Waals surface area contributed by atoms with Crippen LogP contribution >= 0.6 is 27.5 Å². The van der Waals surface area contributed by atoms with E-state index in [2.05, 4.69) is 26.5 Å². The van der Waals surface area contributed by atoms with Crippen molar-refractivity contribution in [2.24, 2.45) is 5.10 Å². The number of carbonyl (C=O) groups excluding carboxylic acids is 1. The minimum atomic E-state index is -4.08. The molecular formula is C23H20BrClN4O6S. The topological polar surface area (TPSA) is 131 Å². The van der Waals surface area contributed by atoms with Gasteiger partial charge in [0.05, 0.1) is 29.7 Å². The first kappa shape index (κ1) is 27.3. The van der Waals surface area contributed by atoms with E-state index in [9.17, 15) is 23.3 Å². The van der Waals surface area contributed by atoms with Crippen LogP contribution < -0.4 is 10.2 Å². The summed E-state index contributed by atoms with van der Waals surface area (Å²) in [6, 6.07) is 16.9. The molecule has 1 amide bonds. The highest BCUT2D eigenvalue weighted by Gasteiger charge is 2.27. The zero-order chi connectivity index (χ0) is 26.3. The van der Waals surface area contributed by atoms with Crippen LogP contribution in [0.4, 0.5) is 5.69 Å². The Labute approximate surface area is 220 Å². The normalized spacial score (nSPS) is 11.6. The Morgan fingerprint density at radius 2 is 1.89 bits per heavy atom. The molecular weight excluding hydrogens is 576 g/mol. The van der Waals surface area contributed by atoms with Crippen LogP contribution in [0.2, 0.25) is 5.02 Å². The van der Waals surface area contributed by atoms with Gasteiger partial charge in [-0.1, -0.05) is 45.7 Å². The molecule has 0 bridgehead atoms. The molecule has 0 saturated heterocycles. The molecule has 3 rings (SSSR count). The summed E-state index contributed by atoms with van der Waals surface area (Å²) in [5.74, 6) is -0.642. The van der Waals surface area contributed by atoms with E-state index in [-0.39, 0.29) is 22.9 Å². The Bertz CT molecular complexity index is 1400. The SMILES string of the molecule is COc1ccc(/C=N/NC(=O)CN(Cc2ccccc2Cl)S(=O)(=O)c2ccc(Br)cc2)cc1[N+](=O)[O-]. The van der Waals surface area contributed by atoms with Gasteiger partial charge in [-0.25, -0.2) is 13.8 Å². The number of methoxy groups -OCH3 is 1. The van der Waals surface area contributed by atoms with Crippen molar-refractivity contribution in [2.75, 3.05) is 13.7 Å². The molecule has 13 heteroatoms. The zero-order valence-corrected chi connectivity index (χ0v) is 22.0. The van der Waals surface area contributed by atoms with E-state index in [1.807, 2.05) is 0 Å². The van der Waals surface area contributed by atoms with Crippen LogP contribution in [0.3, 0.4) is 0 Å². The third-order valence-corrected chi connectivity index (χ3v) is 7.58. The van der Waals surface area contributed by atoms with Crippen molar-refractivity contribution < 1.29 is 22.9 Å². The Hall–Kier alpha value is -3.32. The third-order valence-electron chi connectivity index (χ3n) is 4.88. The second-order valence-electron chi connectivity index (χ2n) is 7.30. The van der Waals surface area contributed by atoms with Gasteiger partial charge >= 0.3 is 5.69 Å². The summed E-state index contributed by atoms with van der Waals surface area (Å²) in [5, 5.41) is 15.3. The number of nitrogens with zero attached hydrogens (tertiary/aromatic N) is 3. The highest BCUT2D eigenvalue weighted by molar-refractivity contribution is 9.10. The van der Waals surface area contributed by atoms with Crippen molar-refractivity contribution in [3.8, 4) is 5.75 Å². The number of hydrazone groups is 1. The Morgan fingerprint density at radius 1 is 1.19 bits per heavy atom. The van der Waals surface area contributed by atoms with Crippen LogP contribution in [0.1, 0.15) is 11.1 Å². The fourth-order valence-electron chi connectivity index (χ4n) is 3.10. The Morgan fingerprint density at radius 3 is 2.53 bits per heavy atom. The van der Waals surface area contributed by atoms with E-state index in [0.29, 0.717) is 20.6 Å². The van der Waals surface area contributed by atoms with Crippen molar-refractivity contribution in [1.82, 2.24) is 9.73 Å². The summed E-state index contributed by atoms with van der Waals surface area (Å²) in [5.41, 5.74) is 2.84. The summed E-state index contributed by atoms with van der Waals surface area (Å²) in [7, 11) is -2.76. The number of benzene rings is 3. The van der Waals surface area contributed by atoms with Crippen LogP contribution in [-0.2, 0) is 21.4 Å². The Kier molecular flexibility index (Phi) is 9.15. The molecule has 0 aromatic heterocycles. The summed E-state index contributed by atoms with van der Waals surface area (Å²) < 4.78 is 33.3. The number of hydrogen-bond donors (Lipinski definition) is 1. The van der Waals surface area contributed by atoms with Crippen molar-refractivity contribution in [3.05, 3.63) is 97.5 Å². The quantitative estimate of drug-likeness (QED) is 0.211. The van der Waals surface area contributed by atoms with Gasteiger partial charge in [0.15, 0.2) is 5.75 Å². The van der Waals surface area contributed by atoms with Gasteiger partial charge in [-0.05, 0) is 48.0 Å². The van der Waals surface area contributed by atoms with Gasteiger partial charge in [-0.2, -0.15) is 9.41 Å². The molecule has 1 N–H and O–H groups in total. The van der Waals surface area contributed by atoms with E-state index in [0.717, 1.165) is 4.31 Å². The second-order valence-corrected chi connectivity index (χ2v) is 10.6. The molecule has 0 radical (unpaired) electrons. The van der Waals surface area contributed by atoms with Crippen molar-refractivity contribution >= 4 is 55.4 Å². The van der Waals surface area contributed by atoms with Crippen LogP contribution in [0, 0.1) is 10.1 Å². The number of sulfonamides is 1. The smallest absolute Gasteiger partial charge is 0.311 e. The largest absolute Gasteiger partial charge is 0.490 e. The molecule has 0 fully saturated rings. The molecule has 36 heavy (non-hydrogen) atoms. The van der Waals surface area contributed by atoms with E-state index in [1.165, 1.54) is 43.7 Å². The first-order valence-corrected chi connectivity index (χ1v) is 12.9. The number of rotatable bonds is 10. The van der Waals surface area contributed by atoms with Crippen LogP contribution in [0.5, 0.6) is 5.75 Å². The van der Waals surface area contributed by atoms with Gasteiger partial charge in [-0.15, -0.1) is 0 Å². The van der Waals surface area contributed by atoms with Gasteiger partial charge in [-0.3, -0.25) is 14.9 Å². The molecule has 3 aromatic rings. The number of hydrogen-bond acceptors (Lipinski definition) is 7. The van der Waals surface area contributed by atoms with E-state index in [1.54, 1.807) is 36.4 Å². The van der Waals surface area contributed by atoms with Crippen LogP contribution in [0.15, 0.2) is 81.2 Å². The number of nitro groups is 1. The highest BCUT2D eigenvalue weighted by Crippen LogP contribution is 2.27. The lowest BCUT2D eigenvalue weighted by atomic mass is 10.2. The molecule has 0 aliphatic rings. The molecule has 0 saturated carbocycles. The molecule has 0 atom stereocenters. The monoisotopic (exact) mass is 594 g/mol. The summed E-state index contributed by atoms with van der Waals surface area (Å²) in [6.07, 6.45) is 1.20. The third kappa shape index (κ3) is 6.88. The Balaban J connectivity index is 1.80. The fraction of sp³-hybridized carbons (Fsp3) is 0.130. The number of ether oxygens (including phenoxy) is 1. The van der Waals surface area contributed by atoms with Crippen molar-refractivity contribution in [3.63, 3.8) is 0 Å². The minimum absolute atomic E-state index is 0.000373. The van der Waals surface area contributed by atoms with Crippen molar-refractivity contribution in [2.45, 2.75) is 11.4 Å². The summed E-state index contributed by atoms with van der Waals surface area (Å²) >= 11 is 9.49.